The first-order valence-electron chi connectivity index (χ1n) is 9.99. The van der Waals surface area contributed by atoms with Crippen molar-refractivity contribution in [3.63, 3.8) is 0 Å². The van der Waals surface area contributed by atoms with Crippen LogP contribution in [0, 0.1) is 18.3 Å². The van der Waals surface area contributed by atoms with Crippen molar-refractivity contribution in [3.8, 4) is 10.6 Å². The van der Waals surface area contributed by atoms with Gasteiger partial charge in [-0.1, -0.05) is 32.1 Å². The van der Waals surface area contributed by atoms with Crippen LogP contribution >= 0.6 is 11.3 Å². The maximum atomic E-state index is 12.6. The van der Waals surface area contributed by atoms with Gasteiger partial charge in [0.25, 0.3) is 0 Å². The average molecular weight is 416 g/mol. The second-order valence-electron chi connectivity index (χ2n) is 8.72. The van der Waals surface area contributed by atoms with Crippen LogP contribution in [0.3, 0.4) is 0 Å². The molecule has 0 aliphatic carbocycles. The van der Waals surface area contributed by atoms with E-state index in [0.29, 0.717) is 11.0 Å². The lowest BCUT2D eigenvalue weighted by Crippen LogP contribution is -2.45. The van der Waals surface area contributed by atoms with E-state index >= 15 is 0 Å². The second kappa shape index (κ2) is 8.57. The predicted molar refractivity (Wildman–Crippen MR) is 115 cm³/mol. The fourth-order valence-corrected chi connectivity index (χ4v) is 4.61. The molecule has 3 rings (SSSR count). The minimum atomic E-state index is -0.350. The SMILES string of the molecule is CC(=O)Nc1nc(C)c(-c2cncc(CC3CCCN(C(=O)C(C)(C)C)C3)n2)s1. The number of carbonyl (C=O) groups is 2. The molecule has 0 spiro atoms. The number of aryl methyl sites for hydroxylation is 1. The summed E-state index contributed by atoms with van der Waals surface area (Å²) in [6.07, 6.45) is 6.45. The number of nitrogens with one attached hydrogen (secondary N) is 1. The Balaban J connectivity index is 1.73. The number of anilines is 1. The number of hydrogen-bond donors (Lipinski definition) is 1. The van der Waals surface area contributed by atoms with E-state index in [1.54, 1.807) is 12.4 Å². The van der Waals surface area contributed by atoms with Crippen molar-refractivity contribution >= 4 is 28.3 Å². The summed E-state index contributed by atoms with van der Waals surface area (Å²) in [4.78, 5) is 40.4. The molecule has 1 aliphatic rings. The van der Waals surface area contributed by atoms with Gasteiger partial charge >= 0.3 is 0 Å². The molecule has 0 aromatic carbocycles. The Morgan fingerprint density at radius 3 is 2.72 bits per heavy atom. The van der Waals surface area contributed by atoms with Crippen molar-refractivity contribution in [3.05, 3.63) is 23.8 Å². The van der Waals surface area contributed by atoms with E-state index in [1.165, 1.54) is 18.3 Å². The van der Waals surface area contributed by atoms with Gasteiger partial charge in [-0.05, 0) is 32.1 Å². The lowest BCUT2D eigenvalue weighted by atomic mass is 9.89. The molecule has 0 radical (unpaired) electrons. The van der Waals surface area contributed by atoms with Crippen LogP contribution in [0.2, 0.25) is 0 Å². The van der Waals surface area contributed by atoms with E-state index in [4.69, 9.17) is 4.98 Å². The highest BCUT2D eigenvalue weighted by Gasteiger charge is 2.31. The maximum absolute atomic E-state index is 12.6. The zero-order valence-corrected chi connectivity index (χ0v) is 18.6. The summed E-state index contributed by atoms with van der Waals surface area (Å²) in [6, 6.07) is 0. The van der Waals surface area contributed by atoms with Crippen LogP contribution in [0.25, 0.3) is 10.6 Å². The maximum Gasteiger partial charge on any atom is 0.227 e. The van der Waals surface area contributed by atoms with Gasteiger partial charge in [0.2, 0.25) is 11.8 Å². The highest BCUT2D eigenvalue weighted by atomic mass is 32.1. The van der Waals surface area contributed by atoms with E-state index in [1.807, 2.05) is 32.6 Å². The quantitative estimate of drug-likeness (QED) is 0.823. The van der Waals surface area contributed by atoms with Gasteiger partial charge in [-0.25, -0.2) is 9.97 Å². The summed E-state index contributed by atoms with van der Waals surface area (Å²) < 4.78 is 0. The molecule has 29 heavy (non-hydrogen) atoms. The summed E-state index contributed by atoms with van der Waals surface area (Å²) in [5.74, 6) is 0.460. The third-order valence-corrected chi connectivity index (χ3v) is 6.04. The van der Waals surface area contributed by atoms with E-state index in [-0.39, 0.29) is 17.2 Å². The third kappa shape index (κ3) is 5.38. The predicted octanol–water partition coefficient (Wildman–Crippen LogP) is 3.69. The normalized spacial score (nSPS) is 17.3. The van der Waals surface area contributed by atoms with Crippen LogP contribution in [0.4, 0.5) is 5.13 Å². The molecule has 1 unspecified atom stereocenters. The summed E-state index contributed by atoms with van der Waals surface area (Å²) >= 11 is 1.40. The molecular formula is C21H29N5O2S. The molecule has 8 heteroatoms. The molecule has 7 nitrogen and oxygen atoms in total. The number of rotatable bonds is 4. The first-order chi connectivity index (χ1) is 13.6. The van der Waals surface area contributed by atoms with Crippen LogP contribution in [0.15, 0.2) is 12.4 Å². The van der Waals surface area contributed by atoms with Crippen molar-refractivity contribution < 1.29 is 9.59 Å². The van der Waals surface area contributed by atoms with Crippen molar-refractivity contribution in [2.24, 2.45) is 11.3 Å². The topological polar surface area (TPSA) is 88.1 Å². The lowest BCUT2D eigenvalue weighted by molar-refractivity contribution is -0.141. The monoisotopic (exact) mass is 415 g/mol. The van der Waals surface area contributed by atoms with Crippen molar-refractivity contribution in [2.75, 3.05) is 18.4 Å². The molecule has 0 bridgehead atoms. The van der Waals surface area contributed by atoms with E-state index in [2.05, 4.69) is 15.3 Å². The molecule has 2 aromatic rings. The van der Waals surface area contributed by atoms with E-state index < -0.39 is 0 Å². The summed E-state index contributed by atoms with van der Waals surface area (Å²) in [5, 5.41) is 3.30. The Morgan fingerprint density at radius 1 is 1.28 bits per heavy atom. The van der Waals surface area contributed by atoms with Gasteiger partial charge in [-0.3, -0.25) is 14.6 Å². The molecule has 3 heterocycles. The molecule has 1 aliphatic heterocycles. The molecule has 2 amide bonds. The summed E-state index contributed by atoms with van der Waals surface area (Å²) in [5.41, 5.74) is 2.17. The van der Waals surface area contributed by atoms with Crippen LogP contribution in [-0.4, -0.2) is 44.8 Å². The zero-order valence-electron chi connectivity index (χ0n) is 17.8. The van der Waals surface area contributed by atoms with Crippen molar-refractivity contribution in [2.45, 2.75) is 53.9 Å². The minimum Gasteiger partial charge on any atom is -0.342 e. The van der Waals surface area contributed by atoms with Crippen LogP contribution < -0.4 is 5.32 Å². The highest BCUT2D eigenvalue weighted by molar-refractivity contribution is 7.19. The van der Waals surface area contributed by atoms with Crippen molar-refractivity contribution in [1.82, 2.24) is 19.9 Å². The first kappa shape index (κ1) is 21.4. The first-order valence-corrected chi connectivity index (χ1v) is 10.8. The van der Waals surface area contributed by atoms with Crippen molar-refractivity contribution in [1.29, 1.82) is 0 Å². The molecule has 156 valence electrons. The third-order valence-electron chi connectivity index (χ3n) is 4.94. The van der Waals surface area contributed by atoms with Crippen LogP contribution in [-0.2, 0) is 16.0 Å². The van der Waals surface area contributed by atoms with Gasteiger partial charge in [0.15, 0.2) is 5.13 Å². The van der Waals surface area contributed by atoms with Gasteiger partial charge in [-0.2, -0.15) is 0 Å². The molecule has 1 N–H and O–H groups in total. The van der Waals surface area contributed by atoms with Crippen LogP contribution in [0.5, 0.6) is 0 Å². The van der Waals surface area contributed by atoms with Gasteiger partial charge in [0.1, 0.15) is 5.69 Å². The Morgan fingerprint density at radius 2 is 2.03 bits per heavy atom. The molecular weight excluding hydrogens is 386 g/mol. The number of hydrogen-bond acceptors (Lipinski definition) is 6. The average Bonchev–Trinajstić information content (AvgIpc) is 3.00. The Bertz CT molecular complexity index is 903. The Hall–Kier alpha value is -2.35. The number of carbonyl (C=O) groups excluding carboxylic acids is 2. The number of aromatic nitrogens is 3. The Kier molecular flexibility index (Phi) is 6.31. The standard InChI is InChI=1S/C21H29N5O2S/c1-13-18(29-20(23-13)24-14(2)27)17-11-22-10-16(25-17)9-15-7-6-8-26(12-15)19(28)21(3,4)5/h10-11,15H,6-9,12H2,1-5H3,(H,23,24,27). The number of piperidine rings is 1. The largest absolute Gasteiger partial charge is 0.342 e. The van der Waals surface area contributed by atoms with E-state index in [0.717, 1.165) is 54.3 Å². The van der Waals surface area contributed by atoms with Gasteiger partial charge in [0.05, 0.1) is 22.5 Å². The minimum absolute atomic E-state index is 0.142. The summed E-state index contributed by atoms with van der Waals surface area (Å²) in [6.45, 7) is 10.9. The smallest absolute Gasteiger partial charge is 0.227 e. The van der Waals surface area contributed by atoms with Gasteiger partial charge in [-0.15, -0.1) is 0 Å². The fraction of sp³-hybridized carbons (Fsp3) is 0.571. The molecule has 1 fully saturated rings. The summed E-state index contributed by atoms with van der Waals surface area (Å²) in [7, 11) is 0. The van der Waals surface area contributed by atoms with E-state index in [9.17, 15) is 9.59 Å². The van der Waals surface area contributed by atoms with Gasteiger partial charge in [0, 0.05) is 31.6 Å². The number of nitrogens with zero attached hydrogens (tertiary/aromatic N) is 4. The molecule has 1 atom stereocenters. The highest BCUT2D eigenvalue weighted by Crippen LogP contribution is 2.32. The lowest BCUT2D eigenvalue weighted by Gasteiger charge is -2.36. The zero-order chi connectivity index (χ0) is 21.2. The number of likely N-dealkylation sites (tertiary alicyclic amines) is 1. The second-order valence-corrected chi connectivity index (χ2v) is 9.72. The Labute approximate surface area is 176 Å². The fourth-order valence-electron chi connectivity index (χ4n) is 3.64. The molecule has 0 saturated carbocycles. The molecule has 1 saturated heterocycles. The number of amides is 2. The van der Waals surface area contributed by atoms with Gasteiger partial charge < -0.3 is 10.2 Å². The van der Waals surface area contributed by atoms with Crippen LogP contribution in [0.1, 0.15) is 51.9 Å². The number of thiazole rings is 1. The molecule has 2 aromatic heterocycles.